The van der Waals surface area contributed by atoms with E-state index in [4.69, 9.17) is 0 Å². The first-order chi connectivity index (χ1) is 11.2. The minimum absolute atomic E-state index is 0.214. The number of hydrogen-bond acceptors (Lipinski definition) is 4. The maximum Gasteiger partial charge on any atom is 0.229 e. The molecule has 5 heteroatoms. The van der Waals surface area contributed by atoms with E-state index in [2.05, 4.69) is 29.4 Å². The van der Waals surface area contributed by atoms with Gasteiger partial charge in [-0.05, 0) is 68.6 Å². The number of aromatic nitrogens is 2. The number of nitrogens with one attached hydrogen (secondary N) is 1. The molecule has 1 aromatic rings. The molecular weight excluding hydrogens is 306 g/mol. The summed E-state index contributed by atoms with van der Waals surface area (Å²) in [5.74, 6) is 3.97. The van der Waals surface area contributed by atoms with Crippen LogP contribution in [0.15, 0.2) is 0 Å². The number of amides is 1. The highest BCUT2D eigenvalue weighted by Gasteiger charge is 2.50. The number of rotatable bonds is 5. The Morgan fingerprint density at radius 1 is 1.09 bits per heavy atom. The zero-order chi connectivity index (χ0) is 16.0. The van der Waals surface area contributed by atoms with Crippen molar-refractivity contribution in [2.75, 3.05) is 5.32 Å². The molecule has 0 saturated heterocycles. The topological polar surface area (TPSA) is 54.9 Å². The Kier molecular flexibility index (Phi) is 4.16. The van der Waals surface area contributed by atoms with Gasteiger partial charge >= 0.3 is 0 Å². The SMILES string of the molecule is CCC(CC)c1nnc(NC(=O)C2C3CC4CC(C3)CC2C4)s1. The Labute approximate surface area is 142 Å². The van der Waals surface area contributed by atoms with Crippen molar-refractivity contribution in [3.63, 3.8) is 0 Å². The summed E-state index contributed by atoms with van der Waals surface area (Å²) in [6.07, 6.45) is 8.70. The quantitative estimate of drug-likeness (QED) is 0.866. The van der Waals surface area contributed by atoms with E-state index in [1.807, 2.05) is 0 Å². The molecule has 126 valence electrons. The maximum atomic E-state index is 12.8. The van der Waals surface area contributed by atoms with Gasteiger partial charge in [0.1, 0.15) is 5.01 Å². The Morgan fingerprint density at radius 2 is 1.70 bits per heavy atom. The van der Waals surface area contributed by atoms with Gasteiger partial charge in [-0.1, -0.05) is 25.2 Å². The van der Waals surface area contributed by atoms with Crippen LogP contribution in [0.4, 0.5) is 5.13 Å². The number of carbonyl (C=O) groups is 1. The minimum Gasteiger partial charge on any atom is -0.300 e. The van der Waals surface area contributed by atoms with Crippen LogP contribution < -0.4 is 5.32 Å². The fourth-order valence-electron chi connectivity index (χ4n) is 5.63. The van der Waals surface area contributed by atoms with Crippen molar-refractivity contribution in [2.45, 2.75) is 64.7 Å². The van der Waals surface area contributed by atoms with Crippen LogP contribution in [-0.2, 0) is 4.79 Å². The largest absolute Gasteiger partial charge is 0.300 e. The van der Waals surface area contributed by atoms with Gasteiger partial charge in [-0.15, -0.1) is 10.2 Å². The van der Waals surface area contributed by atoms with E-state index in [-0.39, 0.29) is 11.8 Å². The summed E-state index contributed by atoms with van der Waals surface area (Å²) < 4.78 is 0. The fourth-order valence-corrected chi connectivity index (χ4v) is 6.64. The highest BCUT2D eigenvalue weighted by atomic mass is 32.1. The highest BCUT2D eigenvalue weighted by molar-refractivity contribution is 7.15. The Morgan fingerprint density at radius 3 is 2.26 bits per heavy atom. The summed E-state index contributed by atoms with van der Waals surface area (Å²) in [6, 6.07) is 0. The number of anilines is 1. The van der Waals surface area contributed by atoms with Crippen LogP contribution in [0.5, 0.6) is 0 Å². The molecule has 4 nitrogen and oxygen atoms in total. The van der Waals surface area contributed by atoms with Crippen molar-refractivity contribution >= 4 is 22.4 Å². The molecule has 0 aromatic carbocycles. The highest BCUT2D eigenvalue weighted by Crippen LogP contribution is 2.56. The summed E-state index contributed by atoms with van der Waals surface area (Å²) in [7, 11) is 0. The summed E-state index contributed by atoms with van der Waals surface area (Å²) in [6.45, 7) is 4.37. The minimum atomic E-state index is 0.214. The molecule has 1 heterocycles. The van der Waals surface area contributed by atoms with E-state index < -0.39 is 0 Å². The molecule has 4 aliphatic carbocycles. The molecule has 0 radical (unpaired) electrons. The average Bonchev–Trinajstić information content (AvgIpc) is 2.95. The third kappa shape index (κ3) is 2.81. The summed E-state index contributed by atoms with van der Waals surface area (Å²) in [5, 5.41) is 13.4. The first-order valence-corrected chi connectivity index (χ1v) is 10.1. The fraction of sp³-hybridized carbons (Fsp3) is 0.833. The standard InChI is InChI=1S/C18H27N3OS/c1-3-12(4-2)17-20-21-18(23-17)19-16(22)15-13-6-10-5-11(8-13)9-14(15)7-10/h10-15H,3-9H2,1-2H3,(H,19,21,22). The zero-order valence-corrected chi connectivity index (χ0v) is 14.9. The monoisotopic (exact) mass is 333 g/mol. The van der Waals surface area contributed by atoms with Crippen LogP contribution in [-0.4, -0.2) is 16.1 Å². The van der Waals surface area contributed by atoms with Crippen molar-refractivity contribution in [2.24, 2.45) is 29.6 Å². The molecule has 0 aliphatic heterocycles. The molecule has 4 fully saturated rings. The van der Waals surface area contributed by atoms with E-state index in [1.54, 1.807) is 11.3 Å². The second kappa shape index (κ2) is 6.15. The first-order valence-electron chi connectivity index (χ1n) is 9.32. The lowest BCUT2D eigenvalue weighted by Gasteiger charge is -2.53. The lowest BCUT2D eigenvalue weighted by molar-refractivity contribution is -0.132. The number of carbonyl (C=O) groups excluding carboxylic acids is 1. The third-order valence-corrected chi connectivity index (χ3v) is 7.54. The van der Waals surface area contributed by atoms with Crippen molar-refractivity contribution in [1.82, 2.24) is 10.2 Å². The van der Waals surface area contributed by atoms with Crippen molar-refractivity contribution in [3.8, 4) is 0 Å². The van der Waals surface area contributed by atoms with E-state index >= 15 is 0 Å². The number of hydrogen-bond donors (Lipinski definition) is 1. The van der Waals surface area contributed by atoms with Crippen LogP contribution in [0.3, 0.4) is 0 Å². The molecule has 23 heavy (non-hydrogen) atoms. The van der Waals surface area contributed by atoms with Crippen molar-refractivity contribution in [3.05, 3.63) is 5.01 Å². The predicted octanol–water partition coefficient (Wildman–Crippen LogP) is 4.45. The molecule has 1 amide bonds. The average molecular weight is 334 g/mol. The maximum absolute atomic E-state index is 12.8. The van der Waals surface area contributed by atoms with Gasteiger partial charge in [-0.25, -0.2) is 0 Å². The van der Waals surface area contributed by atoms with Crippen LogP contribution in [0.2, 0.25) is 0 Å². The Balaban J connectivity index is 1.44. The smallest absolute Gasteiger partial charge is 0.229 e. The molecule has 4 saturated carbocycles. The molecule has 4 bridgehead atoms. The summed E-state index contributed by atoms with van der Waals surface area (Å²) in [4.78, 5) is 12.8. The zero-order valence-electron chi connectivity index (χ0n) is 14.1. The van der Waals surface area contributed by atoms with Gasteiger partial charge in [0.2, 0.25) is 11.0 Å². The van der Waals surface area contributed by atoms with Gasteiger partial charge < -0.3 is 5.32 Å². The van der Waals surface area contributed by atoms with Gasteiger partial charge in [0.05, 0.1) is 0 Å². The predicted molar refractivity (Wildman–Crippen MR) is 92.4 cm³/mol. The van der Waals surface area contributed by atoms with Gasteiger partial charge in [0, 0.05) is 11.8 Å². The van der Waals surface area contributed by atoms with Crippen LogP contribution >= 0.6 is 11.3 Å². The first kappa shape index (κ1) is 15.6. The molecule has 1 aromatic heterocycles. The Bertz CT molecular complexity index is 553. The third-order valence-electron chi connectivity index (χ3n) is 6.54. The normalized spacial score (nSPS) is 35.0. The molecule has 0 spiro atoms. The van der Waals surface area contributed by atoms with Gasteiger partial charge in [0.25, 0.3) is 0 Å². The van der Waals surface area contributed by atoms with Crippen molar-refractivity contribution < 1.29 is 4.79 Å². The summed E-state index contributed by atoms with van der Waals surface area (Å²) in [5.41, 5.74) is 0. The van der Waals surface area contributed by atoms with Gasteiger partial charge in [-0.3, -0.25) is 4.79 Å². The molecule has 4 aliphatic rings. The lowest BCUT2D eigenvalue weighted by atomic mass is 9.51. The van der Waals surface area contributed by atoms with Crippen LogP contribution in [0.25, 0.3) is 0 Å². The number of nitrogens with zero attached hydrogens (tertiary/aromatic N) is 2. The molecule has 0 atom stereocenters. The second-order valence-electron chi connectivity index (χ2n) is 7.90. The van der Waals surface area contributed by atoms with E-state index in [0.717, 1.165) is 29.7 Å². The van der Waals surface area contributed by atoms with Crippen LogP contribution in [0.1, 0.15) is 69.7 Å². The van der Waals surface area contributed by atoms with E-state index in [9.17, 15) is 4.79 Å². The van der Waals surface area contributed by atoms with Gasteiger partial charge in [0.15, 0.2) is 0 Å². The summed E-state index contributed by atoms with van der Waals surface area (Å²) >= 11 is 1.57. The molecule has 1 N–H and O–H groups in total. The van der Waals surface area contributed by atoms with E-state index in [0.29, 0.717) is 22.9 Å². The molecule has 0 unspecified atom stereocenters. The van der Waals surface area contributed by atoms with Gasteiger partial charge in [-0.2, -0.15) is 0 Å². The van der Waals surface area contributed by atoms with E-state index in [1.165, 1.54) is 32.1 Å². The Hall–Kier alpha value is -0.970. The second-order valence-corrected chi connectivity index (χ2v) is 8.91. The van der Waals surface area contributed by atoms with Crippen LogP contribution in [0, 0.1) is 29.6 Å². The van der Waals surface area contributed by atoms with Crippen molar-refractivity contribution in [1.29, 1.82) is 0 Å². The lowest BCUT2D eigenvalue weighted by Crippen LogP contribution is -2.49. The molecule has 5 rings (SSSR count). The molecular formula is C18H27N3OS.